The number of carbonyl (C=O) groups excluding carboxylic acids is 1. The van der Waals surface area contributed by atoms with Crippen LogP contribution in [0.5, 0.6) is 0 Å². The second-order valence-corrected chi connectivity index (χ2v) is 6.34. The van der Waals surface area contributed by atoms with Crippen molar-refractivity contribution in [3.05, 3.63) is 0 Å². The van der Waals surface area contributed by atoms with Gasteiger partial charge in [-0.3, -0.25) is 4.79 Å². The van der Waals surface area contributed by atoms with Crippen molar-refractivity contribution in [2.75, 3.05) is 33.4 Å². The lowest BCUT2D eigenvalue weighted by Gasteiger charge is -2.42. The minimum atomic E-state index is -0.290. The first-order valence-electron chi connectivity index (χ1n) is 7.04. The molecule has 2 rings (SSSR count). The zero-order chi connectivity index (χ0) is 13.2. The van der Waals surface area contributed by atoms with E-state index in [1.165, 1.54) is 0 Å². The van der Waals surface area contributed by atoms with Gasteiger partial charge in [0.25, 0.3) is 0 Å². The van der Waals surface area contributed by atoms with Crippen molar-refractivity contribution in [3.63, 3.8) is 0 Å². The average molecular weight is 254 g/mol. The Morgan fingerprint density at radius 1 is 1.28 bits per heavy atom. The second-order valence-electron chi connectivity index (χ2n) is 6.34. The number of ether oxygens (including phenoxy) is 1. The number of carbonyl (C=O) groups is 1. The number of likely N-dealkylation sites (tertiary alicyclic amines) is 1. The van der Waals surface area contributed by atoms with Crippen LogP contribution in [0.1, 0.15) is 39.5 Å². The Balaban J connectivity index is 2.17. The zero-order valence-electron chi connectivity index (χ0n) is 11.9. The fraction of sp³-hybridized carbons (Fsp3) is 0.929. The van der Waals surface area contributed by atoms with E-state index in [0.717, 1.165) is 45.3 Å². The molecule has 2 fully saturated rings. The topological polar surface area (TPSA) is 41.6 Å². The Labute approximate surface area is 110 Å². The van der Waals surface area contributed by atoms with Crippen LogP contribution in [0.4, 0.5) is 0 Å². The smallest absolute Gasteiger partial charge is 0.231 e. The number of methoxy groups -OCH3 is 1. The molecule has 0 spiro atoms. The molecule has 18 heavy (non-hydrogen) atoms. The van der Waals surface area contributed by atoms with E-state index in [0.29, 0.717) is 12.5 Å². The molecule has 1 amide bonds. The third-order valence-corrected chi connectivity index (χ3v) is 4.58. The van der Waals surface area contributed by atoms with Crippen LogP contribution in [0, 0.1) is 5.41 Å². The number of nitrogens with zero attached hydrogens (tertiary/aromatic N) is 1. The maximum atomic E-state index is 12.9. The molecule has 2 aliphatic rings. The van der Waals surface area contributed by atoms with Crippen molar-refractivity contribution >= 4 is 5.91 Å². The van der Waals surface area contributed by atoms with Gasteiger partial charge >= 0.3 is 0 Å². The molecule has 0 saturated carbocycles. The highest BCUT2D eigenvalue weighted by Crippen LogP contribution is 2.37. The summed E-state index contributed by atoms with van der Waals surface area (Å²) in [5.74, 6) is 0.313. The Morgan fingerprint density at radius 2 is 1.94 bits per heavy atom. The molecule has 104 valence electrons. The van der Waals surface area contributed by atoms with Crippen LogP contribution in [-0.2, 0) is 9.53 Å². The van der Waals surface area contributed by atoms with Gasteiger partial charge in [-0.1, -0.05) is 0 Å². The highest BCUT2D eigenvalue weighted by molar-refractivity contribution is 5.84. The Morgan fingerprint density at radius 3 is 2.44 bits per heavy atom. The maximum absolute atomic E-state index is 12.9. The molecular formula is C14H26N2O2. The first kappa shape index (κ1) is 13.8. The number of piperidine rings is 1. The summed E-state index contributed by atoms with van der Waals surface area (Å²) >= 11 is 0. The van der Waals surface area contributed by atoms with Gasteiger partial charge in [-0.25, -0.2) is 0 Å². The zero-order valence-corrected chi connectivity index (χ0v) is 11.9. The number of nitrogens with one attached hydrogen (secondary N) is 1. The van der Waals surface area contributed by atoms with Gasteiger partial charge in [0.1, 0.15) is 0 Å². The molecule has 0 aromatic carbocycles. The standard InChI is InChI=1S/C14H26N2O2/c1-13(2)5-4-10-16(13)12(17)14(11-18-3)6-8-15-9-7-14/h15H,4-11H2,1-3H3. The molecule has 1 N–H and O–H groups in total. The minimum absolute atomic E-state index is 0.0166. The van der Waals surface area contributed by atoms with E-state index in [1.54, 1.807) is 7.11 Å². The summed E-state index contributed by atoms with van der Waals surface area (Å²) in [4.78, 5) is 15.0. The molecular weight excluding hydrogens is 228 g/mol. The monoisotopic (exact) mass is 254 g/mol. The van der Waals surface area contributed by atoms with Crippen molar-refractivity contribution in [2.24, 2.45) is 5.41 Å². The Bertz CT molecular complexity index is 303. The number of hydrogen-bond acceptors (Lipinski definition) is 3. The van der Waals surface area contributed by atoms with Gasteiger partial charge in [-0.05, 0) is 52.6 Å². The number of amides is 1. The van der Waals surface area contributed by atoms with Crippen LogP contribution in [0.2, 0.25) is 0 Å². The lowest BCUT2D eigenvalue weighted by molar-refractivity contribution is -0.151. The summed E-state index contributed by atoms with van der Waals surface area (Å²) < 4.78 is 5.36. The molecule has 4 heteroatoms. The lowest BCUT2D eigenvalue weighted by atomic mass is 9.77. The molecule has 0 aromatic heterocycles. The van der Waals surface area contributed by atoms with E-state index < -0.39 is 0 Å². The third kappa shape index (κ3) is 2.41. The van der Waals surface area contributed by atoms with Gasteiger partial charge in [0, 0.05) is 19.2 Å². The van der Waals surface area contributed by atoms with Crippen molar-refractivity contribution < 1.29 is 9.53 Å². The summed E-state index contributed by atoms with van der Waals surface area (Å²) in [6.07, 6.45) is 4.03. The normalized spacial score (nSPS) is 26.3. The number of rotatable bonds is 3. The molecule has 0 radical (unpaired) electrons. The summed E-state index contributed by atoms with van der Waals surface area (Å²) in [6, 6.07) is 0. The quantitative estimate of drug-likeness (QED) is 0.828. The van der Waals surface area contributed by atoms with Gasteiger partial charge in [0.15, 0.2) is 0 Å². The molecule has 0 unspecified atom stereocenters. The van der Waals surface area contributed by atoms with Crippen molar-refractivity contribution in [1.29, 1.82) is 0 Å². The maximum Gasteiger partial charge on any atom is 0.231 e. The molecule has 0 aromatic rings. The predicted octanol–water partition coefficient (Wildman–Crippen LogP) is 1.40. The van der Waals surface area contributed by atoms with E-state index in [4.69, 9.17) is 4.74 Å². The fourth-order valence-corrected chi connectivity index (χ4v) is 3.37. The van der Waals surface area contributed by atoms with Gasteiger partial charge in [0.05, 0.1) is 12.0 Å². The first-order valence-corrected chi connectivity index (χ1v) is 7.04. The van der Waals surface area contributed by atoms with E-state index in [1.807, 2.05) is 0 Å². The fourth-order valence-electron chi connectivity index (χ4n) is 3.37. The van der Waals surface area contributed by atoms with Crippen LogP contribution in [0.25, 0.3) is 0 Å². The van der Waals surface area contributed by atoms with E-state index in [9.17, 15) is 4.79 Å². The molecule has 0 aliphatic carbocycles. The first-order chi connectivity index (χ1) is 8.52. The third-order valence-electron chi connectivity index (χ3n) is 4.58. The molecule has 2 heterocycles. The van der Waals surface area contributed by atoms with Gasteiger partial charge in [0.2, 0.25) is 5.91 Å². The summed E-state index contributed by atoms with van der Waals surface area (Å²) in [5.41, 5.74) is -0.274. The van der Waals surface area contributed by atoms with Crippen LogP contribution in [0.3, 0.4) is 0 Å². The van der Waals surface area contributed by atoms with Gasteiger partial charge in [-0.15, -0.1) is 0 Å². The summed E-state index contributed by atoms with van der Waals surface area (Å²) in [6.45, 7) is 7.66. The highest BCUT2D eigenvalue weighted by Gasteiger charge is 2.47. The highest BCUT2D eigenvalue weighted by atomic mass is 16.5. The average Bonchev–Trinajstić information content (AvgIpc) is 2.69. The van der Waals surface area contributed by atoms with E-state index in [2.05, 4.69) is 24.1 Å². The van der Waals surface area contributed by atoms with Crippen LogP contribution < -0.4 is 5.32 Å². The Kier molecular flexibility index (Phi) is 3.97. The lowest BCUT2D eigenvalue weighted by Crippen LogP contribution is -2.55. The molecule has 2 aliphatic heterocycles. The van der Waals surface area contributed by atoms with Gasteiger partial charge in [-0.2, -0.15) is 0 Å². The largest absolute Gasteiger partial charge is 0.384 e. The minimum Gasteiger partial charge on any atom is -0.384 e. The predicted molar refractivity (Wildman–Crippen MR) is 71.4 cm³/mol. The second kappa shape index (κ2) is 5.17. The Hall–Kier alpha value is -0.610. The van der Waals surface area contributed by atoms with Crippen LogP contribution >= 0.6 is 0 Å². The van der Waals surface area contributed by atoms with Crippen molar-refractivity contribution in [3.8, 4) is 0 Å². The van der Waals surface area contributed by atoms with E-state index >= 15 is 0 Å². The van der Waals surface area contributed by atoms with Crippen molar-refractivity contribution in [2.45, 2.75) is 45.1 Å². The molecule has 0 atom stereocenters. The van der Waals surface area contributed by atoms with E-state index in [-0.39, 0.29) is 11.0 Å². The number of hydrogen-bond donors (Lipinski definition) is 1. The molecule has 4 nitrogen and oxygen atoms in total. The summed E-state index contributed by atoms with van der Waals surface area (Å²) in [7, 11) is 1.70. The SMILES string of the molecule is COCC1(C(=O)N2CCCC2(C)C)CCNCC1. The van der Waals surface area contributed by atoms with Crippen molar-refractivity contribution in [1.82, 2.24) is 10.2 Å². The summed E-state index contributed by atoms with van der Waals surface area (Å²) in [5, 5.41) is 3.34. The molecule has 0 bridgehead atoms. The van der Waals surface area contributed by atoms with Gasteiger partial charge < -0.3 is 15.0 Å². The molecule has 2 saturated heterocycles. The van der Waals surface area contributed by atoms with Crippen LogP contribution in [0.15, 0.2) is 0 Å². The van der Waals surface area contributed by atoms with Crippen LogP contribution in [-0.4, -0.2) is 49.7 Å².